The van der Waals surface area contributed by atoms with Gasteiger partial charge in [-0.25, -0.2) is 4.57 Å². The molecule has 0 bridgehead atoms. The zero-order valence-corrected chi connectivity index (χ0v) is 8.46. The van der Waals surface area contributed by atoms with Crippen LogP contribution < -0.4 is 0 Å². The average molecular weight is 196 g/mol. The molecule has 0 N–H and O–H groups in total. The lowest BCUT2D eigenvalue weighted by molar-refractivity contribution is -0.123. The molecule has 0 aliphatic carbocycles. The lowest BCUT2D eigenvalue weighted by Gasteiger charge is -2.16. The fourth-order valence-corrected chi connectivity index (χ4v) is 1.29. The van der Waals surface area contributed by atoms with Gasteiger partial charge in [-0.2, -0.15) is 0 Å². The highest BCUT2D eigenvalue weighted by atomic mass is 31.2. The van der Waals surface area contributed by atoms with Crippen molar-refractivity contribution in [1.29, 1.82) is 0 Å². The Morgan fingerprint density at radius 3 is 2.00 bits per heavy atom. The van der Waals surface area contributed by atoms with Crippen LogP contribution in [0.3, 0.4) is 0 Å². The number of hydrogen-bond acceptors (Lipinski definition) is 5. The van der Waals surface area contributed by atoms with E-state index in [0.717, 1.165) is 0 Å². The zero-order chi connectivity index (χ0) is 9.78. The molecule has 0 aromatic rings. The molecule has 12 heavy (non-hydrogen) atoms. The van der Waals surface area contributed by atoms with E-state index in [9.17, 15) is 9.36 Å². The monoisotopic (exact) mass is 196 g/mol. The predicted molar refractivity (Wildman–Crippen MR) is 42.9 cm³/mol. The molecule has 0 fully saturated rings. The molecule has 0 spiro atoms. The Morgan fingerprint density at radius 1 is 1.33 bits per heavy atom. The molecule has 0 saturated heterocycles. The summed E-state index contributed by atoms with van der Waals surface area (Å²) in [5.41, 5.74) is 0. The van der Waals surface area contributed by atoms with Gasteiger partial charge >= 0.3 is 7.82 Å². The van der Waals surface area contributed by atoms with Gasteiger partial charge in [-0.15, -0.1) is 0 Å². The molecule has 0 aliphatic heterocycles. The van der Waals surface area contributed by atoms with Crippen molar-refractivity contribution in [3.63, 3.8) is 0 Å². The van der Waals surface area contributed by atoms with Crippen LogP contribution in [0.5, 0.6) is 0 Å². The van der Waals surface area contributed by atoms with Gasteiger partial charge < -0.3 is 0 Å². The van der Waals surface area contributed by atoms with E-state index < -0.39 is 13.9 Å². The van der Waals surface area contributed by atoms with Crippen molar-refractivity contribution in [2.75, 3.05) is 14.2 Å². The van der Waals surface area contributed by atoms with E-state index >= 15 is 0 Å². The van der Waals surface area contributed by atoms with Crippen molar-refractivity contribution >= 4 is 13.6 Å². The molecule has 6 heteroatoms. The van der Waals surface area contributed by atoms with Crippen LogP contribution in [0.15, 0.2) is 0 Å². The normalized spacial score (nSPS) is 14.3. The smallest absolute Gasteiger partial charge is 0.297 e. The van der Waals surface area contributed by atoms with Crippen LogP contribution in [0.2, 0.25) is 0 Å². The first kappa shape index (κ1) is 11.8. The Morgan fingerprint density at radius 2 is 1.75 bits per heavy atom. The van der Waals surface area contributed by atoms with Gasteiger partial charge in [0.1, 0.15) is 6.10 Å². The molecule has 0 amide bonds. The maximum atomic E-state index is 11.2. The highest BCUT2D eigenvalue weighted by molar-refractivity contribution is 7.48. The van der Waals surface area contributed by atoms with E-state index in [1.165, 1.54) is 28.1 Å². The maximum Gasteiger partial charge on any atom is 0.474 e. The Kier molecular flexibility index (Phi) is 4.63. The minimum atomic E-state index is -3.51. The van der Waals surface area contributed by atoms with Gasteiger partial charge in [-0.3, -0.25) is 18.4 Å². The predicted octanol–water partition coefficient (Wildman–Crippen LogP) is 1.38. The van der Waals surface area contributed by atoms with Gasteiger partial charge in [0.2, 0.25) is 0 Å². The topological polar surface area (TPSA) is 61.8 Å². The summed E-state index contributed by atoms with van der Waals surface area (Å²) in [7, 11) is -1.13. The number of rotatable bonds is 5. The minimum Gasteiger partial charge on any atom is -0.297 e. The quantitative estimate of drug-likeness (QED) is 0.621. The molecule has 1 atom stereocenters. The van der Waals surface area contributed by atoms with Crippen molar-refractivity contribution in [2.45, 2.75) is 20.0 Å². The summed E-state index contributed by atoms with van der Waals surface area (Å²) >= 11 is 0. The Balaban J connectivity index is 4.22. The summed E-state index contributed by atoms with van der Waals surface area (Å²) in [5.74, 6) is -0.232. The standard InChI is InChI=1S/C6H13O5P/c1-5(7)6(2)11-12(8,9-3)10-4/h6H,1-4H3/t6-/m0/s1. The molecule has 0 rings (SSSR count). The van der Waals surface area contributed by atoms with Crippen molar-refractivity contribution in [1.82, 2.24) is 0 Å². The van der Waals surface area contributed by atoms with Crippen molar-refractivity contribution in [2.24, 2.45) is 0 Å². The van der Waals surface area contributed by atoms with Gasteiger partial charge in [-0.05, 0) is 13.8 Å². The number of phosphoric acid groups is 1. The molecule has 0 heterocycles. The fourth-order valence-electron chi connectivity index (χ4n) is 0.428. The number of carbonyl (C=O) groups excluding carboxylic acids is 1. The van der Waals surface area contributed by atoms with Gasteiger partial charge in [0.25, 0.3) is 0 Å². The van der Waals surface area contributed by atoms with Crippen LogP contribution in [-0.4, -0.2) is 26.1 Å². The largest absolute Gasteiger partial charge is 0.474 e. The molecule has 0 radical (unpaired) electrons. The van der Waals surface area contributed by atoms with Gasteiger partial charge in [0, 0.05) is 14.2 Å². The van der Waals surface area contributed by atoms with Crippen LogP contribution >= 0.6 is 7.82 Å². The van der Waals surface area contributed by atoms with E-state index in [0.29, 0.717) is 0 Å². The van der Waals surface area contributed by atoms with Crippen LogP contribution in [0.4, 0.5) is 0 Å². The lowest BCUT2D eigenvalue weighted by Crippen LogP contribution is -2.16. The number of ketones is 1. The zero-order valence-electron chi connectivity index (χ0n) is 7.57. The van der Waals surface area contributed by atoms with Gasteiger partial charge in [0.05, 0.1) is 0 Å². The lowest BCUT2D eigenvalue weighted by atomic mass is 10.3. The van der Waals surface area contributed by atoms with Crippen molar-refractivity contribution in [3.05, 3.63) is 0 Å². The second-order valence-electron chi connectivity index (χ2n) is 2.17. The molecule has 72 valence electrons. The molecular weight excluding hydrogens is 183 g/mol. The van der Waals surface area contributed by atoms with Crippen LogP contribution in [0.25, 0.3) is 0 Å². The Bertz CT molecular complexity index is 194. The third kappa shape index (κ3) is 3.45. The average Bonchev–Trinajstić information content (AvgIpc) is 2.04. The first-order chi connectivity index (χ1) is 5.45. The molecule has 0 unspecified atom stereocenters. The molecule has 0 aromatic heterocycles. The highest BCUT2D eigenvalue weighted by Crippen LogP contribution is 2.48. The number of Topliss-reactive ketones (excluding diaryl/α,β-unsaturated/α-hetero) is 1. The van der Waals surface area contributed by atoms with Crippen LogP contribution in [-0.2, 0) is 22.9 Å². The minimum absolute atomic E-state index is 0.232. The number of phosphoric ester groups is 1. The molecule has 0 saturated carbocycles. The SMILES string of the molecule is COP(=O)(OC)O[C@@H](C)C(C)=O. The molecular formula is C6H13O5P. The van der Waals surface area contributed by atoms with Crippen LogP contribution in [0.1, 0.15) is 13.8 Å². The van der Waals surface area contributed by atoms with E-state index in [2.05, 4.69) is 9.05 Å². The summed E-state index contributed by atoms with van der Waals surface area (Å²) in [6, 6.07) is 0. The summed E-state index contributed by atoms with van der Waals surface area (Å²) in [4.78, 5) is 10.7. The summed E-state index contributed by atoms with van der Waals surface area (Å²) in [6.45, 7) is 2.81. The third-order valence-electron chi connectivity index (χ3n) is 1.31. The second-order valence-corrected chi connectivity index (χ2v) is 4.01. The summed E-state index contributed by atoms with van der Waals surface area (Å²) in [5, 5.41) is 0. The second kappa shape index (κ2) is 4.72. The first-order valence-corrected chi connectivity index (χ1v) is 4.81. The first-order valence-electron chi connectivity index (χ1n) is 3.35. The van der Waals surface area contributed by atoms with Gasteiger partial charge in [-0.1, -0.05) is 0 Å². The van der Waals surface area contributed by atoms with E-state index in [-0.39, 0.29) is 5.78 Å². The molecule has 0 aromatic carbocycles. The molecule has 5 nitrogen and oxygen atoms in total. The Labute approximate surface area is 71.6 Å². The summed E-state index contributed by atoms with van der Waals surface area (Å²) in [6.07, 6.45) is -0.782. The summed E-state index contributed by atoms with van der Waals surface area (Å²) < 4.78 is 24.9. The Hall–Kier alpha value is -0.220. The van der Waals surface area contributed by atoms with E-state index in [1.54, 1.807) is 0 Å². The fraction of sp³-hybridized carbons (Fsp3) is 0.833. The van der Waals surface area contributed by atoms with Crippen molar-refractivity contribution < 1.29 is 22.9 Å². The van der Waals surface area contributed by atoms with Crippen LogP contribution in [0, 0.1) is 0 Å². The molecule has 0 aliphatic rings. The van der Waals surface area contributed by atoms with E-state index in [4.69, 9.17) is 4.52 Å². The number of carbonyl (C=O) groups is 1. The highest BCUT2D eigenvalue weighted by Gasteiger charge is 2.27. The van der Waals surface area contributed by atoms with Crippen molar-refractivity contribution in [3.8, 4) is 0 Å². The maximum absolute atomic E-state index is 11.2. The van der Waals surface area contributed by atoms with E-state index in [1.807, 2.05) is 0 Å². The number of hydrogen-bond donors (Lipinski definition) is 0. The third-order valence-corrected chi connectivity index (χ3v) is 2.78. The van der Waals surface area contributed by atoms with Gasteiger partial charge in [0.15, 0.2) is 5.78 Å².